The van der Waals surface area contributed by atoms with Crippen molar-refractivity contribution in [2.24, 2.45) is 11.7 Å². The lowest BCUT2D eigenvalue weighted by molar-refractivity contribution is 0.0575. The molecule has 2 atom stereocenters. The number of carbonyl (C=O) groups excluding carboxylic acids is 1. The van der Waals surface area contributed by atoms with Crippen molar-refractivity contribution < 1.29 is 9.18 Å². The summed E-state index contributed by atoms with van der Waals surface area (Å²) in [6.07, 6.45) is 4.13. The molecule has 4 rings (SSSR count). The third kappa shape index (κ3) is 4.36. The molecular weight excluding hydrogens is 388 g/mol. The van der Waals surface area contributed by atoms with Crippen LogP contribution in [-0.4, -0.2) is 34.9 Å². The number of nitrogens with zero attached hydrogens (tertiary/aromatic N) is 2. The summed E-state index contributed by atoms with van der Waals surface area (Å²) in [7, 11) is 0. The maximum absolute atomic E-state index is 13.8. The van der Waals surface area contributed by atoms with Crippen LogP contribution in [0.4, 0.5) is 4.39 Å². The second-order valence-corrected chi connectivity index (χ2v) is 7.55. The fourth-order valence-electron chi connectivity index (χ4n) is 3.88. The zero-order valence-corrected chi connectivity index (χ0v) is 17.0. The maximum Gasteiger partial charge on any atom is 0.254 e. The number of aromatic nitrogens is 1. The number of benzene rings is 1. The molecular formula is C20H26Cl2FN3O. The molecule has 2 fully saturated rings. The summed E-state index contributed by atoms with van der Waals surface area (Å²) < 4.78 is 13.8. The van der Waals surface area contributed by atoms with Crippen LogP contribution in [0.3, 0.4) is 0 Å². The van der Waals surface area contributed by atoms with Gasteiger partial charge in [-0.1, -0.05) is 6.92 Å². The van der Waals surface area contributed by atoms with Gasteiger partial charge < -0.3 is 10.6 Å². The summed E-state index contributed by atoms with van der Waals surface area (Å²) >= 11 is 0. The van der Waals surface area contributed by atoms with Gasteiger partial charge in [0.25, 0.3) is 5.91 Å². The molecule has 2 aliphatic rings. The Bertz CT molecular complexity index is 828. The van der Waals surface area contributed by atoms with Gasteiger partial charge in [0.1, 0.15) is 5.82 Å². The summed E-state index contributed by atoms with van der Waals surface area (Å²) in [4.78, 5) is 19.9. The number of nitrogens with two attached hydrogens (primary N) is 1. The maximum atomic E-state index is 13.8. The van der Waals surface area contributed by atoms with Crippen molar-refractivity contribution in [1.82, 2.24) is 9.88 Å². The van der Waals surface area contributed by atoms with E-state index in [1.807, 2.05) is 11.0 Å². The number of piperidine rings is 1. The lowest BCUT2D eigenvalue weighted by Crippen LogP contribution is -2.49. The highest BCUT2D eigenvalue weighted by molar-refractivity contribution is 6.06. The first-order valence-corrected chi connectivity index (χ1v) is 9.18. The third-order valence-electron chi connectivity index (χ3n) is 5.53. The highest BCUT2D eigenvalue weighted by Gasteiger charge is 2.32. The average Bonchev–Trinajstić information content (AvgIpc) is 3.45. The van der Waals surface area contributed by atoms with E-state index >= 15 is 0 Å². The Morgan fingerprint density at radius 3 is 2.67 bits per heavy atom. The highest BCUT2D eigenvalue weighted by atomic mass is 35.5. The minimum atomic E-state index is -0.342. The van der Waals surface area contributed by atoms with Crippen molar-refractivity contribution in [1.29, 1.82) is 0 Å². The summed E-state index contributed by atoms with van der Waals surface area (Å²) in [5.41, 5.74) is 8.15. The molecule has 1 amide bonds. The van der Waals surface area contributed by atoms with E-state index in [0.29, 0.717) is 41.4 Å². The second-order valence-electron chi connectivity index (χ2n) is 7.55. The number of amides is 1. The molecule has 1 aliphatic heterocycles. The molecule has 2 N–H and O–H groups in total. The number of carbonyl (C=O) groups is 1. The van der Waals surface area contributed by atoms with Crippen LogP contribution in [0, 0.1) is 11.7 Å². The number of hydrogen-bond donors (Lipinski definition) is 1. The van der Waals surface area contributed by atoms with Crippen LogP contribution in [-0.2, 0) is 0 Å². The first kappa shape index (κ1) is 21.9. The van der Waals surface area contributed by atoms with Crippen molar-refractivity contribution in [3.05, 3.63) is 41.3 Å². The lowest BCUT2D eigenvalue weighted by Gasteiger charge is -2.38. The minimum absolute atomic E-state index is 0. The molecule has 2 unspecified atom stereocenters. The molecule has 27 heavy (non-hydrogen) atoms. The molecule has 0 spiro atoms. The monoisotopic (exact) mass is 413 g/mol. The zero-order chi connectivity index (χ0) is 17.6. The van der Waals surface area contributed by atoms with Crippen molar-refractivity contribution in [3.8, 4) is 0 Å². The topological polar surface area (TPSA) is 59.2 Å². The third-order valence-corrected chi connectivity index (χ3v) is 5.53. The van der Waals surface area contributed by atoms with Gasteiger partial charge in [-0.05, 0) is 55.9 Å². The van der Waals surface area contributed by atoms with E-state index in [0.717, 1.165) is 31.4 Å². The number of likely N-dealkylation sites (tertiary alicyclic amines) is 1. The Hall–Kier alpha value is -1.43. The predicted molar refractivity (Wildman–Crippen MR) is 110 cm³/mol. The SMILES string of the molecule is CC1CCN(C(=O)c2cc(C3CC3)nc3ccc(F)cc23)C(CN)C1.Cl.Cl. The Labute approximate surface area is 171 Å². The quantitative estimate of drug-likeness (QED) is 0.815. The lowest BCUT2D eigenvalue weighted by atomic mass is 9.91. The van der Waals surface area contributed by atoms with Crippen molar-refractivity contribution in [2.45, 2.75) is 44.6 Å². The van der Waals surface area contributed by atoms with E-state index in [4.69, 9.17) is 5.73 Å². The van der Waals surface area contributed by atoms with Crippen molar-refractivity contribution in [2.75, 3.05) is 13.1 Å². The summed E-state index contributed by atoms with van der Waals surface area (Å²) in [6, 6.07) is 6.44. The van der Waals surface area contributed by atoms with Gasteiger partial charge in [-0.3, -0.25) is 9.78 Å². The van der Waals surface area contributed by atoms with Gasteiger partial charge in [0, 0.05) is 36.1 Å². The van der Waals surface area contributed by atoms with Gasteiger partial charge in [0.05, 0.1) is 11.1 Å². The van der Waals surface area contributed by atoms with Crippen LogP contribution in [0.5, 0.6) is 0 Å². The highest BCUT2D eigenvalue weighted by Crippen LogP contribution is 2.40. The Morgan fingerprint density at radius 2 is 2.00 bits per heavy atom. The van der Waals surface area contributed by atoms with E-state index < -0.39 is 0 Å². The fraction of sp³-hybridized carbons (Fsp3) is 0.500. The van der Waals surface area contributed by atoms with Crippen molar-refractivity contribution in [3.63, 3.8) is 0 Å². The van der Waals surface area contributed by atoms with Crippen LogP contribution in [0.1, 0.15) is 54.6 Å². The summed E-state index contributed by atoms with van der Waals surface area (Å²) in [6.45, 7) is 3.37. The number of hydrogen-bond acceptors (Lipinski definition) is 3. The van der Waals surface area contributed by atoms with Gasteiger partial charge in [0.15, 0.2) is 0 Å². The molecule has 148 valence electrons. The number of fused-ring (bicyclic) bond motifs is 1. The zero-order valence-electron chi connectivity index (χ0n) is 15.4. The number of pyridine rings is 1. The molecule has 7 heteroatoms. The molecule has 1 aliphatic carbocycles. The normalized spacial score (nSPS) is 22.1. The number of halogens is 3. The van der Waals surface area contributed by atoms with E-state index in [-0.39, 0.29) is 42.6 Å². The van der Waals surface area contributed by atoms with Gasteiger partial charge in [0.2, 0.25) is 0 Å². The molecule has 4 nitrogen and oxygen atoms in total. The predicted octanol–water partition coefficient (Wildman–Crippen LogP) is 4.29. The van der Waals surface area contributed by atoms with Gasteiger partial charge in [-0.15, -0.1) is 24.8 Å². The molecule has 1 saturated carbocycles. The van der Waals surface area contributed by atoms with E-state index in [1.54, 1.807) is 6.07 Å². The van der Waals surface area contributed by atoms with E-state index in [1.165, 1.54) is 12.1 Å². The standard InChI is InChI=1S/C20H24FN3O.2ClH/c1-12-6-7-24(15(8-12)11-22)20(25)17-10-19(13-2-3-13)23-18-5-4-14(21)9-16(17)18;;/h4-5,9-10,12-13,15H,2-3,6-8,11,22H2,1H3;2*1H. The largest absolute Gasteiger partial charge is 0.334 e. The molecule has 0 bridgehead atoms. The molecule has 1 aromatic heterocycles. The second kappa shape index (κ2) is 8.72. The van der Waals surface area contributed by atoms with Crippen molar-refractivity contribution >= 4 is 41.6 Å². The summed E-state index contributed by atoms with van der Waals surface area (Å²) in [5.74, 6) is 0.631. The summed E-state index contributed by atoms with van der Waals surface area (Å²) in [5, 5.41) is 0.601. The first-order valence-electron chi connectivity index (χ1n) is 9.18. The van der Waals surface area contributed by atoms with Crippen LogP contribution in [0.2, 0.25) is 0 Å². The Kier molecular flexibility index (Phi) is 7.06. The average molecular weight is 414 g/mol. The number of rotatable bonds is 3. The smallest absolute Gasteiger partial charge is 0.254 e. The van der Waals surface area contributed by atoms with Gasteiger partial charge >= 0.3 is 0 Å². The van der Waals surface area contributed by atoms with Crippen LogP contribution in [0.25, 0.3) is 10.9 Å². The molecule has 2 heterocycles. The molecule has 1 saturated heterocycles. The van der Waals surface area contributed by atoms with Gasteiger partial charge in [-0.2, -0.15) is 0 Å². The molecule has 2 aromatic rings. The Morgan fingerprint density at radius 1 is 1.26 bits per heavy atom. The molecule has 1 aromatic carbocycles. The Balaban J connectivity index is 0.00000131. The minimum Gasteiger partial charge on any atom is -0.334 e. The fourth-order valence-corrected chi connectivity index (χ4v) is 3.88. The van der Waals surface area contributed by atoms with Gasteiger partial charge in [-0.25, -0.2) is 4.39 Å². The van der Waals surface area contributed by atoms with Crippen LogP contribution in [0.15, 0.2) is 24.3 Å². The van der Waals surface area contributed by atoms with E-state index in [2.05, 4.69) is 11.9 Å². The van der Waals surface area contributed by atoms with E-state index in [9.17, 15) is 9.18 Å². The molecule has 0 radical (unpaired) electrons. The first-order chi connectivity index (χ1) is 12.1. The van der Waals surface area contributed by atoms with Crippen LogP contribution < -0.4 is 5.73 Å². The van der Waals surface area contributed by atoms with Crippen LogP contribution >= 0.6 is 24.8 Å².